The highest BCUT2D eigenvalue weighted by atomic mass is 19.1. The Balaban J connectivity index is 1.22. The van der Waals surface area contributed by atoms with Crippen molar-refractivity contribution in [2.45, 2.75) is 32.6 Å². The molecule has 0 radical (unpaired) electrons. The minimum absolute atomic E-state index is 0.0721. The predicted molar refractivity (Wildman–Crippen MR) is 141 cm³/mol. The molecule has 10 heteroatoms. The summed E-state index contributed by atoms with van der Waals surface area (Å²) in [5.74, 6) is 1.06. The van der Waals surface area contributed by atoms with Crippen LogP contribution in [-0.2, 0) is 9.53 Å². The van der Waals surface area contributed by atoms with E-state index in [2.05, 4.69) is 15.0 Å². The van der Waals surface area contributed by atoms with Crippen molar-refractivity contribution < 1.29 is 28.1 Å². The number of carbonyl (C=O) groups excluding carboxylic acids is 1. The van der Waals surface area contributed by atoms with E-state index in [1.165, 1.54) is 6.33 Å². The predicted octanol–water partition coefficient (Wildman–Crippen LogP) is 5.16. The van der Waals surface area contributed by atoms with E-state index in [0.717, 1.165) is 25.0 Å². The largest absolute Gasteiger partial charge is 0.493 e. The third-order valence-corrected chi connectivity index (χ3v) is 6.58. The Morgan fingerprint density at radius 3 is 2.71 bits per heavy atom. The van der Waals surface area contributed by atoms with Crippen LogP contribution in [-0.4, -0.2) is 65.8 Å². The lowest BCUT2D eigenvalue weighted by Gasteiger charge is -2.26. The maximum Gasteiger partial charge on any atom is 0.230 e. The van der Waals surface area contributed by atoms with Crippen LogP contribution >= 0.6 is 0 Å². The highest BCUT2D eigenvalue weighted by molar-refractivity contribution is 5.87. The number of aromatic amines is 1. The van der Waals surface area contributed by atoms with Crippen molar-refractivity contribution >= 4 is 27.7 Å². The molecule has 1 amide bonds. The van der Waals surface area contributed by atoms with E-state index in [-0.39, 0.29) is 17.5 Å². The van der Waals surface area contributed by atoms with E-state index in [4.69, 9.17) is 18.9 Å². The molecular weight excluding hydrogens is 491 g/mol. The summed E-state index contributed by atoms with van der Waals surface area (Å²) in [6.07, 6.45) is 4.40. The van der Waals surface area contributed by atoms with E-state index < -0.39 is 5.82 Å². The summed E-state index contributed by atoms with van der Waals surface area (Å²) >= 11 is 0. The smallest absolute Gasteiger partial charge is 0.230 e. The molecule has 38 heavy (non-hydrogen) atoms. The van der Waals surface area contributed by atoms with Crippen LogP contribution in [0.5, 0.6) is 23.1 Å². The third kappa shape index (κ3) is 5.65. The molecule has 9 nitrogen and oxygen atoms in total. The van der Waals surface area contributed by atoms with E-state index in [9.17, 15) is 4.79 Å². The van der Waals surface area contributed by atoms with Crippen molar-refractivity contribution in [1.82, 2.24) is 19.9 Å². The van der Waals surface area contributed by atoms with Crippen molar-refractivity contribution in [2.24, 2.45) is 0 Å². The van der Waals surface area contributed by atoms with Gasteiger partial charge in [0.25, 0.3) is 0 Å². The lowest BCUT2D eigenvalue weighted by atomic mass is 10.2. The Morgan fingerprint density at radius 2 is 1.89 bits per heavy atom. The van der Waals surface area contributed by atoms with Crippen LogP contribution < -0.4 is 14.2 Å². The number of rotatable bonds is 10. The normalized spacial score (nSPS) is 13.7. The Bertz CT molecular complexity index is 1430. The van der Waals surface area contributed by atoms with Gasteiger partial charge in [-0.2, -0.15) is 0 Å². The fraction of sp³-hybridized carbons (Fsp3) is 0.393. The number of hydrogen-bond donors (Lipinski definition) is 1. The molecule has 0 atom stereocenters. The van der Waals surface area contributed by atoms with Gasteiger partial charge in [-0.15, -0.1) is 0 Å². The SMILES string of the molecule is COc1cc2c(Oc3ccc4[nH]c(C)cc4c3F)ncnc2cc1OCCCCCC(=O)N1CCOCC1. The number of benzene rings is 2. The highest BCUT2D eigenvalue weighted by Crippen LogP contribution is 2.37. The zero-order valence-electron chi connectivity index (χ0n) is 21.6. The number of halogens is 1. The van der Waals surface area contributed by atoms with Gasteiger partial charge in [-0.25, -0.2) is 14.4 Å². The molecule has 2 aromatic carbocycles. The molecule has 0 saturated carbocycles. The fourth-order valence-corrected chi connectivity index (χ4v) is 4.57. The summed E-state index contributed by atoms with van der Waals surface area (Å²) in [7, 11) is 1.55. The van der Waals surface area contributed by atoms with Crippen molar-refractivity contribution in [2.75, 3.05) is 40.0 Å². The average molecular weight is 523 g/mol. The van der Waals surface area contributed by atoms with Gasteiger partial charge in [0.1, 0.15) is 6.33 Å². The number of fused-ring (bicyclic) bond motifs is 2. The first-order valence-corrected chi connectivity index (χ1v) is 12.8. The minimum Gasteiger partial charge on any atom is -0.493 e. The number of hydrogen-bond acceptors (Lipinski definition) is 7. The van der Waals surface area contributed by atoms with Gasteiger partial charge in [-0.1, -0.05) is 0 Å². The number of H-pyrrole nitrogens is 1. The monoisotopic (exact) mass is 522 g/mol. The van der Waals surface area contributed by atoms with Crippen molar-refractivity contribution in [1.29, 1.82) is 0 Å². The van der Waals surface area contributed by atoms with Crippen LogP contribution in [0.4, 0.5) is 4.39 Å². The van der Waals surface area contributed by atoms with E-state index in [1.54, 1.807) is 37.4 Å². The Hall–Kier alpha value is -3.92. The van der Waals surface area contributed by atoms with E-state index in [1.807, 2.05) is 11.8 Å². The minimum atomic E-state index is -0.461. The molecule has 5 rings (SSSR count). The molecule has 0 unspecified atom stereocenters. The molecule has 0 aliphatic carbocycles. The number of amides is 1. The topological polar surface area (TPSA) is 98.8 Å². The van der Waals surface area contributed by atoms with Crippen LogP contribution in [0.1, 0.15) is 31.4 Å². The second-order valence-corrected chi connectivity index (χ2v) is 9.24. The van der Waals surface area contributed by atoms with Crippen LogP contribution in [0.25, 0.3) is 21.8 Å². The summed E-state index contributed by atoms with van der Waals surface area (Å²) < 4.78 is 37.8. The zero-order chi connectivity index (χ0) is 26.5. The quantitative estimate of drug-likeness (QED) is 0.287. The van der Waals surface area contributed by atoms with Gasteiger partial charge in [0.05, 0.1) is 37.8 Å². The number of nitrogens with one attached hydrogen (secondary N) is 1. The Labute approximate surface area is 219 Å². The van der Waals surface area contributed by atoms with Gasteiger partial charge < -0.3 is 28.8 Å². The second kappa shape index (κ2) is 11.6. The summed E-state index contributed by atoms with van der Waals surface area (Å²) in [4.78, 5) is 25.8. The maximum absolute atomic E-state index is 15.1. The molecule has 0 bridgehead atoms. The van der Waals surface area contributed by atoms with Crippen LogP contribution in [0.2, 0.25) is 0 Å². The van der Waals surface area contributed by atoms with Gasteiger partial charge in [0, 0.05) is 42.2 Å². The number of nitrogens with zero attached hydrogens (tertiary/aromatic N) is 3. The number of ether oxygens (including phenoxy) is 4. The first-order valence-electron chi connectivity index (χ1n) is 12.8. The van der Waals surface area contributed by atoms with E-state index in [0.29, 0.717) is 72.6 Å². The molecule has 1 saturated heterocycles. The van der Waals surface area contributed by atoms with Crippen LogP contribution in [0.15, 0.2) is 36.7 Å². The average Bonchev–Trinajstić information content (AvgIpc) is 3.33. The van der Waals surface area contributed by atoms with Gasteiger partial charge >= 0.3 is 0 Å². The van der Waals surface area contributed by atoms with Gasteiger partial charge in [-0.3, -0.25) is 4.79 Å². The third-order valence-electron chi connectivity index (χ3n) is 6.58. The lowest BCUT2D eigenvalue weighted by molar-refractivity contribution is -0.135. The Morgan fingerprint density at radius 1 is 1.05 bits per heavy atom. The maximum atomic E-state index is 15.1. The first-order chi connectivity index (χ1) is 18.5. The van der Waals surface area contributed by atoms with Crippen molar-refractivity contribution in [3.63, 3.8) is 0 Å². The van der Waals surface area contributed by atoms with Crippen LogP contribution in [0.3, 0.4) is 0 Å². The second-order valence-electron chi connectivity index (χ2n) is 9.24. The number of aromatic nitrogens is 3. The molecule has 2 aromatic heterocycles. The number of morpholine rings is 1. The van der Waals surface area contributed by atoms with E-state index >= 15 is 4.39 Å². The summed E-state index contributed by atoms with van der Waals surface area (Å²) in [5.41, 5.74) is 2.15. The number of methoxy groups -OCH3 is 1. The Kier molecular flexibility index (Phi) is 7.88. The highest BCUT2D eigenvalue weighted by Gasteiger charge is 2.18. The molecular formula is C28H31FN4O5. The summed E-state index contributed by atoms with van der Waals surface area (Å²) in [6.45, 7) is 4.94. The summed E-state index contributed by atoms with van der Waals surface area (Å²) in [5, 5.41) is 1.03. The standard InChI is InChI=1S/C28H31FN4O5/c1-18-14-19-21(32-18)7-8-23(27(19)29)38-28-20-15-24(35-2)25(16-22(20)30-17-31-28)37-11-5-3-4-6-26(34)33-9-12-36-13-10-33/h7-8,14-17,32H,3-6,9-13H2,1-2H3. The molecule has 1 fully saturated rings. The molecule has 0 spiro atoms. The lowest BCUT2D eigenvalue weighted by Crippen LogP contribution is -2.40. The molecule has 1 N–H and O–H groups in total. The van der Waals surface area contributed by atoms with Gasteiger partial charge in [0.15, 0.2) is 23.1 Å². The van der Waals surface area contributed by atoms with Crippen LogP contribution in [0, 0.1) is 12.7 Å². The molecule has 4 aromatic rings. The van der Waals surface area contributed by atoms with Crippen molar-refractivity contribution in [3.8, 4) is 23.1 Å². The number of carbonyl (C=O) groups is 1. The molecule has 1 aliphatic rings. The van der Waals surface area contributed by atoms with Gasteiger partial charge in [-0.05, 0) is 50.5 Å². The molecule has 200 valence electrons. The fourth-order valence-electron chi connectivity index (χ4n) is 4.57. The molecule has 3 heterocycles. The van der Waals surface area contributed by atoms with Crippen molar-refractivity contribution in [3.05, 3.63) is 48.2 Å². The number of unbranched alkanes of at least 4 members (excludes halogenated alkanes) is 2. The number of aryl methyl sites for hydroxylation is 1. The summed E-state index contributed by atoms with van der Waals surface area (Å²) in [6, 6.07) is 8.59. The van der Waals surface area contributed by atoms with Gasteiger partial charge in [0.2, 0.25) is 11.8 Å². The first kappa shape index (κ1) is 25.7. The zero-order valence-corrected chi connectivity index (χ0v) is 21.6. The molecule has 1 aliphatic heterocycles.